The number of hydrogen-bond acceptors (Lipinski definition) is 3. The minimum absolute atomic E-state index is 0.841. The number of hydrogen-bond donors (Lipinski definition) is 1. The molecule has 0 aromatic carbocycles. The summed E-state index contributed by atoms with van der Waals surface area (Å²) in [6.07, 6.45) is -3.66. The quantitative estimate of drug-likeness (QED) is 0.816. The highest BCUT2D eigenvalue weighted by molar-refractivity contribution is 5.02. The molecule has 0 atom stereocenters. The second-order valence-electron chi connectivity index (χ2n) is 2.71. The topological polar surface area (TPSA) is 55.0 Å². The van der Waals surface area contributed by atoms with Crippen LogP contribution < -0.4 is 10.3 Å². The molecular formula is C7H5F5N2O2. The van der Waals surface area contributed by atoms with Crippen molar-refractivity contribution in [2.24, 2.45) is 0 Å². The van der Waals surface area contributed by atoms with Gasteiger partial charge >= 0.3 is 17.7 Å². The fourth-order valence-electron chi connectivity index (χ4n) is 0.682. The van der Waals surface area contributed by atoms with E-state index in [1.807, 2.05) is 4.98 Å². The van der Waals surface area contributed by atoms with Crippen molar-refractivity contribution in [3.63, 3.8) is 0 Å². The zero-order valence-electron chi connectivity index (χ0n) is 7.52. The molecule has 16 heavy (non-hydrogen) atoms. The number of halogens is 5. The minimum Gasteiger partial charge on any atom is -0.467 e. The smallest absolute Gasteiger partial charge is 0.456 e. The third-order valence-electron chi connectivity index (χ3n) is 1.48. The molecule has 0 radical (unpaired) electrons. The van der Waals surface area contributed by atoms with Crippen molar-refractivity contribution in [2.45, 2.75) is 12.1 Å². The third-order valence-corrected chi connectivity index (χ3v) is 1.48. The number of nitrogens with zero attached hydrogens (tertiary/aromatic N) is 1. The Hall–Kier alpha value is -1.67. The van der Waals surface area contributed by atoms with E-state index in [0.29, 0.717) is 0 Å². The molecule has 0 amide bonds. The van der Waals surface area contributed by atoms with Crippen molar-refractivity contribution < 1.29 is 26.7 Å². The molecule has 9 heteroatoms. The van der Waals surface area contributed by atoms with Crippen LogP contribution in [0.4, 0.5) is 22.0 Å². The van der Waals surface area contributed by atoms with Gasteiger partial charge in [-0.25, -0.2) is 4.98 Å². The number of nitrogens with one attached hydrogen (secondary N) is 1. The van der Waals surface area contributed by atoms with Crippen LogP contribution in [-0.2, 0) is 0 Å². The lowest BCUT2D eigenvalue weighted by atomic mass is 10.3. The Morgan fingerprint density at radius 2 is 1.94 bits per heavy atom. The zero-order chi connectivity index (χ0) is 12.4. The van der Waals surface area contributed by atoms with Crippen LogP contribution >= 0.6 is 0 Å². The zero-order valence-corrected chi connectivity index (χ0v) is 7.52. The SMILES string of the molecule is O=c1[nH]ccnc1OCC(F)(F)C(F)(F)F. The predicted octanol–water partition coefficient (Wildman–Crippen LogP) is 1.35. The molecule has 0 bridgehead atoms. The lowest BCUT2D eigenvalue weighted by Gasteiger charge is -2.18. The molecule has 0 saturated heterocycles. The van der Waals surface area contributed by atoms with Crippen LogP contribution in [0.15, 0.2) is 17.2 Å². The summed E-state index contributed by atoms with van der Waals surface area (Å²) in [5, 5.41) is 0. The normalized spacial score (nSPS) is 12.6. The highest BCUT2D eigenvalue weighted by Crippen LogP contribution is 2.35. The van der Waals surface area contributed by atoms with Gasteiger partial charge in [-0.1, -0.05) is 0 Å². The molecule has 0 saturated carbocycles. The molecule has 0 aliphatic rings. The Morgan fingerprint density at radius 3 is 2.44 bits per heavy atom. The Kier molecular flexibility index (Phi) is 3.15. The first-order valence-corrected chi connectivity index (χ1v) is 3.85. The number of ether oxygens (including phenoxy) is 1. The molecule has 0 fully saturated rings. The van der Waals surface area contributed by atoms with Crippen LogP contribution in [0, 0.1) is 0 Å². The largest absolute Gasteiger partial charge is 0.467 e. The van der Waals surface area contributed by atoms with E-state index < -0.39 is 30.1 Å². The molecule has 0 unspecified atom stereocenters. The number of alkyl halides is 5. The number of H-pyrrole nitrogens is 1. The molecule has 0 aliphatic carbocycles. The summed E-state index contributed by atoms with van der Waals surface area (Å²) in [7, 11) is 0. The molecule has 1 aromatic rings. The second-order valence-corrected chi connectivity index (χ2v) is 2.71. The van der Waals surface area contributed by atoms with Crippen molar-refractivity contribution >= 4 is 0 Å². The van der Waals surface area contributed by atoms with Crippen LogP contribution in [0.1, 0.15) is 0 Å². The van der Waals surface area contributed by atoms with Gasteiger partial charge in [-0.2, -0.15) is 22.0 Å². The van der Waals surface area contributed by atoms with Crippen LogP contribution in [0.5, 0.6) is 5.88 Å². The van der Waals surface area contributed by atoms with E-state index in [-0.39, 0.29) is 0 Å². The Bertz CT molecular complexity index is 414. The van der Waals surface area contributed by atoms with E-state index in [4.69, 9.17) is 0 Å². The summed E-state index contributed by atoms with van der Waals surface area (Å²) >= 11 is 0. The number of rotatable bonds is 3. The molecular weight excluding hydrogens is 239 g/mol. The maximum Gasteiger partial charge on any atom is 0.456 e. The summed E-state index contributed by atoms with van der Waals surface area (Å²) in [6.45, 7) is -1.99. The Balaban J connectivity index is 2.73. The van der Waals surface area contributed by atoms with Crippen LogP contribution in [0.3, 0.4) is 0 Å². The summed E-state index contributed by atoms with van der Waals surface area (Å²) in [6, 6.07) is 0. The van der Waals surface area contributed by atoms with E-state index in [1.54, 1.807) is 0 Å². The second kappa shape index (κ2) is 4.06. The maximum absolute atomic E-state index is 12.4. The first kappa shape index (κ1) is 12.4. The molecule has 0 spiro atoms. The Labute approximate surface area is 85.1 Å². The first-order valence-electron chi connectivity index (χ1n) is 3.85. The molecule has 0 aliphatic heterocycles. The van der Waals surface area contributed by atoms with E-state index >= 15 is 0 Å². The summed E-state index contributed by atoms with van der Waals surface area (Å²) in [4.78, 5) is 16.0. The number of aromatic amines is 1. The Morgan fingerprint density at radius 1 is 1.31 bits per heavy atom. The van der Waals surface area contributed by atoms with Gasteiger partial charge in [0.05, 0.1) is 0 Å². The van der Waals surface area contributed by atoms with E-state index in [1.165, 1.54) is 0 Å². The van der Waals surface area contributed by atoms with E-state index in [2.05, 4.69) is 9.72 Å². The summed E-state index contributed by atoms with van der Waals surface area (Å²) < 4.78 is 63.8. The van der Waals surface area contributed by atoms with Gasteiger partial charge in [0.2, 0.25) is 0 Å². The third kappa shape index (κ3) is 2.67. The van der Waals surface area contributed by atoms with Crippen molar-refractivity contribution in [1.29, 1.82) is 0 Å². The highest BCUT2D eigenvalue weighted by Gasteiger charge is 2.58. The van der Waals surface area contributed by atoms with Gasteiger partial charge in [0, 0.05) is 12.4 Å². The van der Waals surface area contributed by atoms with E-state index in [9.17, 15) is 26.7 Å². The average molecular weight is 244 g/mol. The van der Waals surface area contributed by atoms with Gasteiger partial charge in [-0.05, 0) is 0 Å². The van der Waals surface area contributed by atoms with Crippen LogP contribution in [0.25, 0.3) is 0 Å². The molecule has 4 nitrogen and oxygen atoms in total. The summed E-state index contributed by atoms with van der Waals surface area (Å²) in [5.74, 6) is -5.87. The predicted molar refractivity (Wildman–Crippen MR) is 41.4 cm³/mol. The minimum atomic E-state index is -5.73. The van der Waals surface area contributed by atoms with Gasteiger partial charge in [0.15, 0.2) is 6.61 Å². The number of aromatic nitrogens is 2. The molecule has 1 N–H and O–H groups in total. The molecule has 1 heterocycles. The lowest BCUT2D eigenvalue weighted by Crippen LogP contribution is -2.42. The van der Waals surface area contributed by atoms with Gasteiger partial charge < -0.3 is 9.72 Å². The average Bonchev–Trinajstić information content (AvgIpc) is 2.15. The van der Waals surface area contributed by atoms with Crippen molar-refractivity contribution in [2.75, 3.05) is 6.61 Å². The van der Waals surface area contributed by atoms with Crippen molar-refractivity contribution in [3.8, 4) is 5.88 Å². The highest BCUT2D eigenvalue weighted by atomic mass is 19.4. The van der Waals surface area contributed by atoms with Crippen LogP contribution in [-0.4, -0.2) is 28.7 Å². The van der Waals surface area contributed by atoms with Crippen LogP contribution in [0.2, 0.25) is 0 Å². The standard InChI is InChI=1S/C7H5F5N2O2/c8-6(9,7(10,11)12)3-16-5-4(15)13-1-2-14-5/h1-2H,3H2,(H,13,15). The monoisotopic (exact) mass is 244 g/mol. The van der Waals surface area contributed by atoms with Crippen molar-refractivity contribution in [3.05, 3.63) is 22.7 Å². The fourth-order valence-corrected chi connectivity index (χ4v) is 0.682. The fraction of sp³-hybridized carbons (Fsp3) is 0.429. The molecule has 1 rings (SSSR count). The van der Waals surface area contributed by atoms with Gasteiger partial charge in [-0.3, -0.25) is 4.79 Å². The lowest BCUT2D eigenvalue weighted by molar-refractivity contribution is -0.290. The van der Waals surface area contributed by atoms with Crippen molar-refractivity contribution in [1.82, 2.24) is 9.97 Å². The summed E-state index contributed by atoms with van der Waals surface area (Å²) in [5.41, 5.74) is -0.986. The van der Waals surface area contributed by atoms with Gasteiger partial charge in [-0.15, -0.1) is 0 Å². The molecule has 1 aromatic heterocycles. The molecule has 90 valence electrons. The van der Waals surface area contributed by atoms with E-state index in [0.717, 1.165) is 12.4 Å². The first-order chi connectivity index (χ1) is 7.24. The van der Waals surface area contributed by atoms with Gasteiger partial charge in [0.1, 0.15) is 0 Å². The van der Waals surface area contributed by atoms with Gasteiger partial charge in [0.25, 0.3) is 5.88 Å². The maximum atomic E-state index is 12.4.